The molecular weight excluding hydrogens is 378 g/mol. The van der Waals surface area contributed by atoms with Crippen molar-refractivity contribution in [3.8, 4) is 12.3 Å². The summed E-state index contributed by atoms with van der Waals surface area (Å²) in [6.45, 7) is 3.12. The number of carbonyl (C=O) groups is 2. The minimum Gasteiger partial charge on any atom is -0.343 e. The molecule has 7 nitrogen and oxygen atoms in total. The van der Waals surface area contributed by atoms with Crippen LogP contribution in [-0.2, 0) is 14.8 Å². The van der Waals surface area contributed by atoms with Crippen molar-refractivity contribution >= 4 is 27.5 Å². The largest absolute Gasteiger partial charge is 0.343 e. The first kappa shape index (κ1) is 21.2. The number of carbonyl (C=O) groups excluding carboxylic acids is 2. The van der Waals surface area contributed by atoms with Crippen LogP contribution in [0.25, 0.3) is 0 Å². The molecule has 3 N–H and O–H groups in total. The van der Waals surface area contributed by atoms with Crippen LogP contribution in [0, 0.1) is 12.3 Å². The van der Waals surface area contributed by atoms with E-state index >= 15 is 0 Å². The predicted octanol–water partition coefficient (Wildman–Crippen LogP) is 1.72. The number of nitrogens with one attached hydrogen (secondary N) is 3. The second-order valence-corrected chi connectivity index (χ2v) is 7.97. The second kappa shape index (κ2) is 9.17. The molecule has 0 atom stereocenters. The molecule has 0 bridgehead atoms. The summed E-state index contributed by atoms with van der Waals surface area (Å²) in [6.07, 6.45) is 5.31. The van der Waals surface area contributed by atoms with Crippen molar-refractivity contribution in [3.63, 3.8) is 0 Å². The fraction of sp³-hybridized carbons (Fsp3) is 0.200. The Labute approximate surface area is 164 Å². The zero-order valence-corrected chi connectivity index (χ0v) is 16.3. The molecule has 28 heavy (non-hydrogen) atoms. The van der Waals surface area contributed by atoms with E-state index in [9.17, 15) is 18.0 Å². The van der Waals surface area contributed by atoms with E-state index in [0.29, 0.717) is 11.3 Å². The van der Waals surface area contributed by atoms with E-state index in [2.05, 4.69) is 21.3 Å². The predicted molar refractivity (Wildman–Crippen MR) is 107 cm³/mol. The fourth-order valence-electron chi connectivity index (χ4n) is 2.34. The molecule has 2 amide bonds. The monoisotopic (exact) mass is 399 g/mol. The van der Waals surface area contributed by atoms with Gasteiger partial charge in [0.2, 0.25) is 15.9 Å². The SMILES string of the molecule is C#Cc1cccc(NC(=O)CNC(=O)c2cccc(S(=O)(=O)NC(C)C)c2)c1. The van der Waals surface area contributed by atoms with Crippen LogP contribution in [0.4, 0.5) is 5.69 Å². The van der Waals surface area contributed by atoms with E-state index in [1.54, 1.807) is 38.1 Å². The molecule has 0 aliphatic carbocycles. The smallest absolute Gasteiger partial charge is 0.251 e. The van der Waals surface area contributed by atoms with Gasteiger partial charge in [0.25, 0.3) is 5.91 Å². The standard InChI is InChI=1S/C20H21N3O4S/c1-4-15-7-5-9-17(11-15)22-19(24)13-21-20(25)16-8-6-10-18(12-16)28(26,27)23-14(2)3/h1,5-12,14,23H,13H2,2-3H3,(H,21,25)(H,22,24). The van der Waals surface area contributed by atoms with Gasteiger partial charge in [0.15, 0.2) is 0 Å². The molecule has 0 aliphatic heterocycles. The third kappa shape index (κ3) is 5.94. The Balaban J connectivity index is 2.00. The Morgan fingerprint density at radius 3 is 2.50 bits per heavy atom. The normalized spacial score (nSPS) is 10.9. The molecule has 0 saturated heterocycles. The average molecular weight is 399 g/mol. The van der Waals surface area contributed by atoms with Crippen molar-refractivity contribution in [2.45, 2.75) is 24.8 Å². The van der Waals surface area contributed by atoms with Gasteiger partial charge in [-0.1, -0.05) is 18.1 Å². The highest BCUT2D eigenvalue weighted by atomic mass is 32.2. The minimum absolute atomic E-state index is 0.0237. The molecule has 0 aromatic heterocycles. The van der Waals surface area contributed by atoms with E-state index < -0.39 is 21.8 Å². The molecule has 0 unspecified atom stereocenters. The van der Waals surface area contributed by atoms with Crippen LogP contribution >= 0.6 is 0 Å². The maximum atomic E-state index is 12.3. The second-order valence-electron chi connectivity index (χ2n) is 6.26. The molecule has 0 heterocycles. The van der Waals surface area contributed by atoms with Crippen LogP contribution in [0.5, 0.6) is 0 Å². The van der Waals surface area contributed by atoms with Crippen LogP contribution in [0.1, 0.15) is 29.8 Å². The van der Waals surface area contributed by atoms with Gasteiger partial charge in [-0.15, -0.1) is 6.42 Å². The summed E-state index contributed by atoms with van der Waals surface area (Å²) >= 11 is 0. The maximum Gasteiger partial charge on any atom is 0.251 e. The lowest BCUT2D eigenvalue weighted by atomic mass is 10.2. The first-order valence-corrected chi connectivity index (χ1v) is 9.96. The van der Waals surface area contributed by atoms with Gasteiger partial charge in [-0.05, 0) is 50.2 Å². The van der Waals surface area contributed by atoms with E-state index in [0.717, 1.165) is 0 Å². The Morgan fingerprint density at radius 1 is 1.11 bits per heavy atom. The molecule has 0 fully saturated rings. The third-order valence-corrected chi connectivity index (χ3v) is 5.18. The fourth-order valence-corrected chi connectivity index (χ4v) is 3.63. The molecule has 2 aromatic carbocycles. The van der Waals surface area contributed by atoms with Gasteiger partial charge in [-0.25, -0.2) is 13.1 Å². The van der Waals surface area contributed by atoms with E-state index in [1.807, 2.05) is 0 Å². The lowest BCUT2D eigenvalue weighted by molar-refractivity contribution is -0.115. The summed E-state index contributed by atoms with van der Waals surface area (Å²) in [4.78, 5) is 24.3. The first-order valence-electron chi connectivity index (χ1n) is 8.48. The van der Waals surface area contributed by atoms with Crippen molar-refractivity contribution in [2.24, 2.45) is 0 Å². The summed E-state index contributed by atoms with van der Waals surface area (Å²) in [6, 6.07) is 12.1. The summed E-state index contributed by atoms with van der Waals surface area (Å²) in [5.41, 5.74) is 1.27. The Bertz CT molecular complexity index is 1020. The molecule has 146 valence electrons. The quantitative estimate of drug-likeness (QED) is 0.617. The van der Waals surface area contributed by atoms with E-state index in [4.69, 9.17) is 6.42 Å². The Hall–Kier alpha value is -3.15. The zero-order valence-electron chi connectivity index (χ0n) is 15.5. The highest BCUT2D eigenvalue weighted by Crippen LogP contribution is 2.12. The van der Waals surface area contributed by atoms with Crippen LogP contribution in [0.2, 0.25) is 0 Å². The van der Waals surface area contributed by atoms with Crippen molar-refractivity contribution < 1.29 is 18.0 Å². The van der Waals surface area contributed by atoms with Gasteiger partial charge in [-0.2, -0.15) is 0 Å². The summed E-state index contributed by atoms with van der Waals surface area (Å²) in [5.74, 6) is 1.47. The number of terminal acetylenes is 1. The highest BCUT2D eigenvalue weighted by Gasteiger charge is 2.17. The van der Waals surface area contributed by atoms with Crippen LogP contribution < -0.4 is 15.4 Å². The molecule has 0 saturated carbocycles. The number of amides is 2. The number of anilines is 1. The average Bonchev–Trinajstić information content (AvgIpc) is 2.65. The summed E-state index contributed by atoms with van der Waals surface area (Å²) < 4.78 is 26.9. The van der Waals surface area contributed by atoms with Crippen LogP contribution in [-0.4, -0.2) is 32.8 Å². The minimum atomic E-state index is -3.72. The summed E-state index contributed by atoms with van der Waals surface area (Å²) in [7, 11) is -3.72. The number of hydrogen-bond donors (Lipinski definition) is 3. The van der Waals surface area contributed by atoms with Crippen molar-refractivity contribution in [1.29, 1.82) is 0 Å². The van der Waals surface area contributed by atoms with E-state index in [1.165, 1.54) is 24.3 Å². The van der Waals surface area contributed by atoms with Gasteiger partial charge in [0.05, 0.1) is 11.4 Å². The topological polar surface area (TPSA) is 104 Å². The van der Waals surface area contributed by atoms with Crippen molar-refractivity contribution in [1.82, 2.24) is 10.0 Å². The van der Waals surface area contributed by atoms with Gasteiger partial charge in [-0.3, -0.25) is 9.59 Å². The number of benzene rings is 2. The Morgan fingerprint density at radius 2 is 1.82 bits per heavy atom. The lowest BCUT2D eigenvalue weighted by Crippen LogP contribution is -2.33. The van der Waals surface area contributed by atoms with Crippen molar-refractivity contribution in [2.75, 3.05) is 11.9 Å². The molecule has 0 radical (unpaired) electrons. The van der Waals surface area contributed by atoms with E-state index in [-0.39, 0.29) is 23.0 Å². The van der Waals surface area contributed by atoms with Gasteiger partial charge >= 0.3 is 0 Å². The molecule has 0 aliphatic rings. The maximum absolute atomic E-state index is 12.3. The summed E-state index contributed by atoms with van der Waals surface area (Å²) in [5, 5.41) is 5.09. The van der Waals surface area contributed by atoms with Crippen LogP contribution in [0.3, 0.4) is 0 Å². The molecule has 2 rings (SSSR count). The van der Waals surface area contributed by atoms with Crippen molar-refractivity contribution in [3.05, 3.63) is 59.7 Å². The highest BCUT2D eigenvalue weighted by molar-refractivity contribution is 7.89. The first-order chi connectivity index (χ1) is 13.2. The zero-order chi connectivity index (χ0) is 20.7. The van der Waals surface area contributed by atoms with Gasteiger partial charge < -0.3 is 10.6 Å². The van der Waals surface area contributed by atoms with Crippen LogP contribution in [0.15, 0.2) is 53.4 Å². The number of hydrogen-bond acceptors (Lipinski definition) is 4. The third-order valence-electron chi connectivity index (χ3n) is 3.52. The Kier molecular flexibility index (Phi) is 6.93. The van der Waals surface area contributed by atoms with Gasteiger partial charge in [0.1, 0.15) is 0 Å². The molecular formula is C20H21N3O4S. The number of rotatable bonds is 7. The van der Waals surface area contributed by atoms with Gasteiger partial charge in [0, 0.05) is 22.9 Å². The number of sulfonamides is 1. The molecule has 2 aromatic rings. The lowest BCUT2D eigenvalue weighted by Gasteiger charge is -2.11. The molecule has 0 spiro atoms. The molecule has 8 heteroatoms.